The van der Waals surface area contributed by atoms with Gasteiger partial charge < -0.3 is 22.8 Å². The summed E-state index contributed by atoms with van der Waals surface area (Å²) in [4.78, 5) is 39.1. The summed E-state index contributed by atoms with van der Waals surface area (Å²) in [6.45, 7) is 36.3. The van der Waals surface area contributed by atoms with E-state index in [4.69, 9.17) is 22.8 Å². The lowest BCUT2D eigenvalue weighted by Crippen LogP contribution is -2.58. The standard InChI is InChI=1S/C32H58N2O8Si3/c1-18-20-32(22-39-43(12,13)29(2,3)4)25(42-45(16,17)31(8,9)10)24(41-44(14,15)30(5,6)7)26(40-32)33-21-19-23(35)34(27(33)36)28(37)38-11/h19-21,24-26H,1,22H2,2-17H3/t24-,25+,26-,32-/m1/s1. The van der Waals surface area contributed by atoms with Crippen molar-refractivity contribution < 1.29 is 27.5 Å². The number of ether oxygens (including phenoxy) is 2. The molecule has 45 heavy (non-hydrogen) atoms. The molecule has 0 saturated carbocycles. The second-order valence-electron chi connectivity index (χ2n) is 16.7. The van der Waals surface area contributed by atoms with Crippen LogP contribution in [0, 0.1) is 0 Å². The summed E-state index contributed by atoms with van der Waals surface area (Å²) in [6.07, 6.45) is -0.697. The zero-order valence-corrected chi connectivity index (χ0v) is 33.5. The smallest absolute Gasteiger partial charge is 0.425 e. The minimum absolute atomic E-state index is 0.0934. The first-order chi connectivity index (χ1) is 20.1. The van der Waals surface area contributed by atoms with E-state index in [1.807, 2.05) is 0 Å². The third kappa shape index (κ3) is 8.01. The van der Waals surface area contributed by atoms with E-state index in [0.717, 1.165) is 13.2 Å². The lowest BCUT2D eigenvalue weighted by molar-refractivity contribution is -0.0950. The van der Waals surface area contributed by atoms with Gasteiger partial charge in [0.05, 0.1) is 13.7 Å². The molecule has 0 N–H and O–H groups in total. The van der Waals surface area contributed by atoms with E-state index in [-0.39, 0.29) is 21.7 Å². The quantitative estimate of drug-likeness (QED) is 0.202. The Morgan fingerprint density at radius 3 is 1.87 bits per heavy atom. The van der Waals surface area contributed by atoms with Crippen molar-refractivity contribution in [3.63, 3.8) is 0 Å². The van der Waals surface area contributed by atoms with Crippen LogP contribution < -0.4 is 11.2 Å². The first kappa shape index (κ1) is 39.3. The van der Waals surface area contributed by atoms with Crippen molar-refractivity contribution in [1.82, 2.24) is 9.13 Å². The minimum Gasteiger partial charge on any atom is -0.452 e. The Labute approximate surface area is 273 Å². The second-order valence-corrected chi connectivity index (χ2v) is 31.0. The average molecular weight is 683 g/mol. The van der Waals surface area contributed by atoms with Gasteiger partial charge in [0.1, 0.15) is 17.8 Å². The van der Waals surface area contributed by atoms with Crippen molar-refractivity contribution in [1.29, 1.82) is 0 Å². The molecule has 1 aromatic heterocycles. The minimum atomic E-state index is -2.56. The predicted molar refractivity (Wildman–Crippen MR) is 187 cm³/mol. The van der Waals surface area contributed by atoms with Gasteiger partial charge >= 0.3 is 11.8 Å². The van der Waals surface area contributed by atoms with Crippen LogP contribution in [0.4, 0.5) is 4.79 Å². The number of aromatic nitrogens is 2. The summed E-state index contributed by atoms with van der Waals surface area (Å²) in [5.74, 6) is 0. The highest BCUT2D eigenvalue weighted by molar-refractivity contribution is 6.75. The first-order valence-corrected chi connectivity index (χ1v) is 24.3. The van der Waals surface area contributed by atoms with E-state index in [0.29, 0.717) is 4.57 Å². The summed E-state index contributed by atoms with van der Waals surface area (Å²) < 4.78 is 34.6. The molecule has 13 heteroatoms. The maximum atomic E-state index is 13.9. The molecule has 256 valence electrons. The van der Waals surface area contributed by atoms with Gasteiger partial charge in [-0.3, -0.25) is 9.36 Å². The van der Waals surface area contributed by atoms with Gasteiger partial charge in [0.2, 0.25) is 0 Å². The van der Waals surface area contributed by atoms with Crippen LogP contribution in [0.1, 0.15) is 68.5 Å². The second kappa shape index (κ2) is 13.0. The fourth-order valence-corrected chi connectivity index (χ4v) is 7.82. The van der Waals surface area contributed by atoms with Crippen LogP contribution in [0.25, 0.3) is 0 Å². The molecule has 0 aliphatic carbocycles. The molecule has 0 bridgehead atoms. The lowest BCUT2D eigenvalue weighted by atomic mass is 9.96. The van der Waals surface area contributed by atoms with Crippen LogP contribution in [-0.4, -0.2) is 71.7 Å². The van der Waals surface area contributed by atoms with Crippen LogP contribution in [0.2, 0.25) is 54.4 Å². The van der Waals surface area contributed by atoms with Gasteiger partial charge in [-0.1, -0.05) is 68.9 Å². The summed E-state index contributed by atoms with van der Waals surface area (Å²) in [6, 6.07) is 1.14. The SMILES string of the molecule is C=C=C[C@]1(CO[Si](C)(C)C(C)(C)C)O[C@@H](n2ccc(=O)n(C(=O)OC)c2=O)[C@H](O[Si](C)(C)C(C)(C)C)[C@@H]1O[Si](C)(C)C(C)(C)C. The van der Waals surface area contributed by atoms with Crippen molar-refractivity contribution in [2.75, 3.05) is 13.7 Å². The maximum absolute atomic E-state index is 13.9. The van der Waals surface area contributed by atoms with Gasteiger partial charge in [-0.2, -0.15) is 4.57 Å². The molecule has 1 saturated heterocycles. The number of methoxy groups -OCH3 is 1. The van der Waals surface area contributed by atoms with Gasteiger partial charge in [0.15, 0.2) is 31.2 Å². The van der Waals surface area contributed by atoms with E-state index in [1.54, 1.807) is 6.08 Å². The topological polar surface area (TPSA) is 107 Å². The molecule has 1 aromatic rings. The Balaban J connectivity index is 3.01. The lowest BCUT2D eigenvalue weighted by Gasteiger charge is -2.46. The van der Waals surface area contributed by atoms with Gasteiger partial charge in [0.25, 0.3) is 5.56 Å². The summed E-state index contributed by atoms with van der Waals surface area (Å²) in [5, 5.41) is -0.471. The summed E-state index contributed by atoms with van der Waals surface area (Å²) in [5.41, 5.74) is -0.0440. The predicted octanol–water partition coefficient (Wildman–Crippen LogP) is 7.04. The Kier molecular flexibility index (Phi) is 11.4. The number of nitrogens with zero attached hydrogens (tertiary/aromatic N) is 2. The number of hydrogen-bond donors (Lipinski definition) is 0. The van der Waals surface area contributed by atoms with E-state index in [2.05, 4.69) is 114 Å². The zero-order valence-electron chi connectivity index (χ0n) is 30.5. The monoisotopic (exact) mass is 682 g/mol. The average Bonchev–Trinajstić information content (AvgIpc) is 3.12. The molecule has 0 amide bonds. The Morgan fingerprint density at radius 2 is 1.42 bits per heavy atom. The number of carbonyl (C=O) groups excluding carboxylic acids is 1. The van der Waals surface area contributed by atoms with Gasteiger partial charge in [-0.15, -0.1) is 5.73 Å². The highest BCUT2D eigenvalue weighted by atomic mass is 28.4. The molecule has 10 nitrogen and oxygen atoms in total. The third-order valence-electron chi connectivity index (χ3n) is 10.3. The summed E-state index contributed by atoms with van der Waals surface area (Å²) >= 11 is 0. The van der Waals surface area contributed by atoms with Crippen LogP contribution in [0.5, 0.6) is 0 Å². The highest BCUT2D eigenvalue weighted by Gasteiger charge is 2.61. The van der Waals surface area contributed by atoms with Crippen molar-refractivity contribution in [2.45, 2.75) is 141 Å². The van der Waals surface area contributed by atoms with Gasteiger partial charge in [-0.25, -0.2) is 9.59 Å². The molecule has 4 atom stereocenters. The molecule has 1 aliphatic heterocycles. The molecular formula is C32H58N2O8Si3. The molecular weight excluding hydrogens is 625 g/mol. The van der Waals surface area contributed by atoms with Crippen molar-refractivity contribution in [3.05, 3.63) is 51.5 Å². The van der Waals surface area contributed by atoms with Crippen LogP contribution >= 0.6 is 0 Å². The number of hydrogen-bond acceptors (Lipinski definition) is 8. The molecule has 1 fully saturated rings. The Bertz CT molecular complexity index is 1410. The Hall–Kier alpha value is -1.84. The number of rotatable bonds is 9. The van der Waals surface area contributed by atoms with Crippen LogP contribution in [0.3, 0.4) is 0 Å². The van der Waals surface area contributed by atoms with Crippen molar-refractivity contribution >= 4 is 31.0 Å². The van der Waals surface area contributed by atoms with Gasteiger partial charge in [0, 0.05) is 12.3 Å². The molecule has 0 spiro atoms. The van der Waals surface area contributed by atoms with Crippen molar-refractivity contribution in [2.24, 2.45) is 0 Å². The fraction of sp³-hybridized carbons (Fsp3) is 0.750. The fourth-order valence-electron chi connectivity index (χ4n) is 4.20. The third-order valence-corrected chi connectivity index (χ3v) is 23.7. The molecule has 2 rings (SSSR count). The molecule has 0 unspecified atom stereocenters. The van der Waals surface area contributed by atoms with E-state index in [9.17, 15) is 14.4 Å². The van der Waals surface area contributed by atoms with Gasteiger partial charge in [-0.05, 0) is 60.5 Å². The molecule has 2 heterocycles. The van der Waals surface area contributed by atoms with Crippen LogP contribution in [0.15, 0.2) is 40.2 Å². The van der Waals surface area contributed by atoms with Crippen LogP contribution in [-0.2, 0) is 22.8 Å². The Morgan fingerprint density at radius 1 is 0.933 bits per heavy atom. The zero-order chi connectivity index (χ0) is 35.2. The highest BCUT2D eigenvalue weighted by Crippen LogP contribution is 2.50. The normalized spacial score (nSPS) is 23.5. The van der Waals surface area contributed by atoms with E-state index in [1.165, 1.54) is 10.8 Å². The molecule has 0 radical (unpaired) electrons. The first-order valence-electron chi connectivity index (χ1n) is 15.6. The molecule has 0 aromatic carbocycles. The van der Waals surface area contributed by atoms with E-state index >= 15 is 0 Å². The summed E-state index contributed by atoms with van der Waals surface area (Å²) in [7, 11) is -6.29. The maximum Gasteiger partial charge on any atom is 0.425 e. The van der Waals surface area contributed by atoms with Crippen molar-refractivity contribution in [3.8, 4) is 0 Å². The molecule has 1 aliphatic rings. The largest absolute Gasteiger partial charge is 0.452 e. The number of carbonyl (C=O) groups is 1. The van der Waals surface area contributed by atoms with E-state index < -0.39 is 66.3 Å².